The number of benzene rings is 1. The van der Waals surface area contributed by atoms with Gasteiger partial charge in [0.2, 0.25) is 5.91 Å². The lowest BCUT2D eigenvalue weighted by atomic mass is 10.1. The van der Waals surface area contributed by atoms with Gasteiger partial charge in [-0.3, -0.25) is 14.9 Å². The number of rotatable bonds is 7. The Balaban J connectivity index is 2.72. The molecule has 1 atom stereocenters. The van der Waals surface area contributed by atoms with E-state index in [4.69, 9.17) is 22.1 Å². The molecule has 110 valence electrons. The summed E-state index contributed by atoms with van der Waals surface area (Å²) in [5.41, 5.74) is 5.51. The van der Waals surface area contributed by atoms with Gasteiger partial charge in [-0.2, -0.15) is 0 Å². The summed E-state index contributed by atoms with van der Waals surface area (Å²) in [6, 6.07) is 3.26. The zero-order valence-corrected chi connectivity index (χ0v) is 11.7. The predicted octanol–water partition coefficient (Wildman–Crippen LogP) is 1.94. The topological polar surface area (TPSA) is 107 Å². The molecule has 7 nitrogen and oxygen atoms in total. The standard InChI is InChI=1S/C12H16ClN3O4/c1-20-6-2-3-9(14)12(17)15-10-5-4-8(13)7-11(10)16(18)19/h4-5,7,9H,2-3,6,14H2,1H3,(H,15,17). The second-order valence-corrected chi connectivity index (χ2v) is 4.59. The number of anilines is 1. The van der Waals surface area contributed by atoms with E-state index in [2.05, 4.69) is 5.32 Å². The third-order valence-corrected chi connectivity index (χ3v) is 2.85. The van der Waals surface area contributed by atoms with Gasteiger partial charge < -0.3 is 15.8 Å². The van der Waals surface area contributed by atoms with Crippen LogP contribution in [-0.4, -0.2) is 30.6 Å². The smallest absolute Gasteiger partial charge is 0.294 e. The molecular formula is C12H16ClN3O4. The number of halogens is 1. The first-order chi connectivity index (χ1) is 9.45. The summed E-state index contributed by atoms with van der Waals surface area (Å²) in [6.07, 6.45) is 1.06. The lowest BCUT2D eigenvalue weighted by Crippen LogP contribution is -2.35. The Hall–Kier alpha value is -1.70. The first kappa shape index (κ1) is 16.4. The number of ether oxygens (including phenoxy) is 1. The van der Waals surface area contributed by atoms with Crippen LogP contribution in [-0.2, 0) is 9.53 Å². The molecule has 3 N–H and O–H groups in total. The van der Waals surface area contributed by atoms with Crippen LogP contribution >= 0.6 is 11.6 Å². The minimum atomic E-state index is -0.750. The van der Waals surface area contributed by atoms with E-state index in [0.717, 1.165) is 0 Å². The van der Waals surface area contributed by atoms with E-state index in [1.807, 2.05) is 0 Å². The van der Waals surface area contributed by atoms with Gasteiger partial charge in [-0.25, -0.2) is 0 Å². The van der Waals surface area contributed by atoms with E-state index in [0.29, 0.717) is 19.4 Å². The van der Waals surface area contributed by atoms with Crippen LogP contribution in [0.5, 0.6) is 0 Å². The molecule has 0 spiro atoms. The fraction of sp³-hybridized carbons (Fsp3) is 0.417. The summed E-state index contributed by atoms with van der Waals surface area (Å²) in [5, 5.41) is 13.5. The Morgan fingerprint density at radius 3 is 2.90 bits per heavy atom. The van der Waals surface area contributed by atoms with E-state index < -0.39 is 16.9 Å². The van der Waals surface area contributed by atoms with E-state index in [1.54, 1.807) is 7.11 Å². The van der Waals surface area contributed by atoms with Gasteiger partial charge in [0, 0.05) is 24.8 Å². The zero-order chi connectivity index (χ0) is 15.1. The van der Waals surface area contributed by atoms with Crippen molar-refractivity contribution in [2.75, 3.05) is 19.0 Å². The number of carbonyl (C=O) groups is 1. The van der Waals surface area contributed by atoms with Gasteiger partial charge in [0.15, 0.2) is 0 Å². The van der Waals surface area contributed by atoms with Gasteiger partial charge >= 0.3 is 0 Å². The molecule has 1 amide bonds. The Labute approximate surface area is 121 Å². The van der Waals surface area contributed by atoms with Crippen LogP contribution in [0.4, 0.5) is 11.4 Å². The van der Waals surface area contributed by atoms with Crippen LogP contribution in [0.15, 0.2) is 18.2 Å². The van der Waals surface area contributed by atoms with Gasteiger partial charge in [-0.15, -0.1) is 0 Å². The zero-order valence-electron chi connectivity index (χ0n) is 11.0. The molecule has 0 fully saturated rings. The van der Waals surface area contributed by atoms with Crippen molar-refractivity contribution >= 4 is 28.9 Å². The minimum absolute atomic E-state index is 0.0755. The first-order valence-electron chi connectivity index (χ1n) is 5.95. The average molecular weight is 302 g/mol. The van der Waals surface area contributed by atoms with Crippen molar-refractivity contribution in [2.24, 2.45) is 5.73 Å². The molecule has 1 aromatic rings. The predicted molar refractivity (Wildman–Crippen MR) is 75.8 cm³/mol. The third-order valence-electron chi connectivity index (χ3n) is 2.61. The molecule has 1 aromatic carbocycles. The number of nitrogens with one attached hydrogen (secondary N) is 1. The highest BCUT2D eigenvalue weighted by Crippen LogP contribution is 2.27. The van der Waals surface area contributed by atoms with Crippen molar-refractivity contribution < 1.29 is 14.5 Å². The van der Waals surface area contributed by atoms with Crippen LogP contribution in [0.25, 0.3) is 0 Å². The number of carbonyl (C=O) groups excluding carboxylic acids is 1. The highest BCUT2D eigenvalue weighted by Gasteiger charge is 2.19. The van der Waals surface area contributed by atoms with Crippen molar-refractivity contribution in [1.82, 2.24) is 0 Å². The molecule has 0 aliphatic carbocycles. The average Bonchev–Trinajstić information content (AvgIpc) is 2.40. The normalized spacial score (nSPS) is 11.9. The van der Waals surface area contributed by atoms with Gasteiger partial charge in [-0.05, 0) is 25.0 Å². The summed E-state index contributed by atoms with van der Waals surface area (Å²) < 4.78 is 4.86. The van der Waals surface area contributed by atoms with Gasteiger partial charge in [0.05, 0.1) is 11.0 Å². The molecule has 0 heterocycles. The van der Waals surface area contributed by atoms with Gasteiger partial charge in [0.25, 0.3) is 5.69 Å². The van der Waals surface area contributed by atoms with Crippen LogP contribution in [0.2, 0.25) is 5.02 Å². The lowest BCUT2D eigenvalue weighted by molar-refractivity contribution is -0.383. The number of methoxy groups -OCH3 is 1. The molecule has 0 radical (unpaired) electrons. The number of nitrogens with two attached hydrogens (primary N) is 1. The molecule has 0 aliphatic rings. The summed E-state index contributed by atoms with van der Waals surface area (Å²) in [5.74, 6) is -0.480. The van der Waals surface area contributed by atoms with E-state index in [-0.39, 0.29) is 16.4 Å². The fourth-order valence-electron chi connectivity index (χ4n) is 1.57. The molecule has 0 saturated carbocycles. The molecule has 0 aliphatic heterocycles. The fourth-order valence-corrected chi connectivity index (χ4v) is 1.73. The minimum Gasteiger partial charge on any atom is -0.385 e. The number of nitrogens with zero attached hydrogens (tertiary/aromatic N) is 1. The molecule has 0 bridgehead atoms. The summed E-state index contributed by atoms with van der Waals surface area (Å²) in [4.78, 5) is 22.1. The first-order valence-corrected chi connectivity index (χ1v) is 6.33. The quantitative estimate of drug-likeness (QED) is 0.454. The summed E-state index contributed by atoms with van der Waals surface area (Å²) >= 11 is 5.69. The molecule has 8 heteroatoms. The number of hydrogen-bond acceptors (Lipinski definition) is 5. The van der Waals surface area contributed by atoms with Crippen molar-refractivity contribution in [3.63, 3.8) is 0 Å². The molecule has 1 rings (SSSR count). The summed E-state index contributed by atoms with van der Waals surface area (Å²) in [6.45, 7) is 0.502. The van der Waals surface area contributed by atoms with Gasteiger partial charge in [0.1, 0.15) is 5.69 Å². The number of nitro benzene ring substituents is 1. The SMILES string of the molecule is COCCCC(N)C(=O)Nc1ccc(Cl)cc1[N+](=O)[O-]. The van der Waals surface area contributed by atoms with Gasteiger partial charge in [-0.1, -0.05) is 11.6 Å². The molecule has 1 unspecified atom stereocenters. The Morgan fingerprint density at radius 1 is 1.60 bits per heavy atom. The van der Waals surface area contributed by atoms with Crippen LogP contribution in [0.3, 0.4) is 0 Å². The lowest BCUT2D eigenvalue weighted by Gasteiger charge is -2.12. The second kappa shape index (κ2) is 7.78. The highest BCUT2D eigenvalue weighted by molar-refractivity contribution is 6.31. The van der Waals surface area contributed by atoms with Crippen molar-refractivity contribution in [2.45, 2.75) is 18.9 Å². The van der Waals surface area contributed by atoms with E-state index in [9.17, 15) is 14.9 Å². The van der Waals surface area contributed by atoms with Crippen molar-refractivity contribution in [1.29, 1.82) is 0 Å². The number of nitro groups is 1. The van der Waals surface area contributed by atoms with Crippen molar-refractivity contribution in [3.8, 4) is 0 Å². The highest BCUT2D eigenvalue weighted by atomic mass is 35.5. The van der Waals surface area contributed by atoms with E-state index in [1.165, 1.54) is 18.2 Å². The Bertz CT molecular complexity index is 496. The number of amides is 1. The van der Waals surface area contributed by atoms with E-state index >= 15 is 0 Å². The third kappa shape index (κ3) is 4.76. The Kier molecular flexibility index (Phi) is 6.37. The maximum Gasteiger partial charge on any atom is 0.294 e. The summed E-state index contributed by atoms with van der Waals surface area (Å²) in [7, 11) is 1.56. The van der Waals surface area contributed by atoms with Crippen LogP contribution in [0, 0.1) is 10.1 Å². The maximum absolute atomic E-state index is 11.8. The van der Waals surface area contributed by atoms with Crippen LogP contribution < -0.4 is 11.1 Å². The maximum atomic E-state index is 11.8. The van der Waals surface area contributed by atoms with Crippen molar-refractivity contribution in [3.05, 3.63) is 33.3 Å². The largest absolute Gasteiger partial charge is 0.385 e. The Morgan fingerprint density at radius 2 is 2.30 bits per heavy atom. The molecular weight excluding hydrogens is 286 g/mol. The molecule has 0 aromatic heterocycles. The molecule has 0 saturated heterocycles. The van der Waals surface area contributed by atoms with Crippen LogP contribution in [0.1, 0.15) is 12.8 Å². The second-order valence-electron chi connectivity index (χ2n) is 4.15. The monoisotopic (exact) mass is 301 g/mol. The molecule has 20 heavy (non-hydrogen) atoms. The number of hydrogen-bond donors (Lipinski definition) is 2.